The maximum absolute atomic E-state index is 13.4. The van der Waals surface area contributed by atoms with Crippen molar-refractivity contribution in [3.05, 3.63) is 126 Å². The number of likely N-dealkylation sites (N-methyl/N-ethyl adjacent to an activating group) is 1. The molecule has 166 valence electrons. The van der Waals surface area contributed by atoms with Gasteiger partial charge in [0.1, 0.15) is 5.76 Å². The van der Waals surface area contributed by atoms with Crippen LogP contribution in [0.1, 0.15) is 27.2 Å². The third-order valence-corrected chi connectivity index (χ3v) is 5.43. The molecule has 0 bridgehead atoms. The molecular weight excluding hydrogens is 412 g/mol. The van der Waals surface area contributed by atoms with Crippen molar-refractivity contribution >= 4 is 17.5 Å². The first-order valence-electron chi connectivity index (χ1n) is 10.9. The number of nitrogens with zero attached hydrogens (tertiary/aromatic N) is 2. The molecule has 4 rings (SSSR count). The van der Waals surface area contributed by atoms with Gasteiger partial charge in [-0.1, -0.05) is 60.7 Å². The van der Waals surface area contributed by atoms with E-state index in [4.69, 9.17) is 4.42 Å². The Hall–Kier alpha value is -4.12. The van der Waals surface area contributed by atoms with Crippen LogP contribution in [-0.2, 0) is 24.3 Å². The second kappa shape index (κ2) is 10.5. The first kappa shape index (κ1) is 22.1. The number of benzene rings is 3. The summed E-state index contributed by atoms with van der Waals surface area (Å²) in [6.45, 7) is 0.850. The van der Waals surface area contributed by atoms with E-state index in [-0.39, 0.29) is 18.2 Å². The van der Waals surface area contributed by atoms with Crippen molar-refractivity contribution in [2.24, 2.45) is 0 Å². The molecule has 0 fully saturated rings. The lowest BCUT2D eigenvalue weighted by atomic mass is 10.1. The molecule has 1 heterocycles. The van der Waals surface area contributed by atoms with E-state index in [0.717, 1.165) is 22.6 Å². The van der Waals surface area contributed by atoms with E-state index in [2.05, 4.69) is 0 Å². The number of carbonyl (C=O) groups is 2. The summed E-state index contributed by atoms with van der Waals surface area (Å²) in [5.41, 5.74) is 3.25. The Morgan fingerprint density at radius 1 is 0.758 bits per heavy atom. The number of hydrogen-bond donors (Lipinski definition) is 0. The number of amides is 2. The van der Waals surface area contributed by atoms with Crippen molar-refractivity contribution < 1.29 is 14.0 Å². The van der Waals surface area contributed by atoms with Crippen molar-refractivity contribution in [2.45, 2.75) is 19.5 Å². The van der Waals surface area contributed by atoms with E-state index in [0.29, 0.717) is 18.7 Å². The van der Waals surface area contributed by atoms with Crippen LogP contribution in [0.25, 0.3) is 0 Å². The molecule has 0 N–H and O–H groups in total. The maximum atomic E-state index is 13.4. The van der Waals surface area contributed by atoms with Crippen molar-refractivity contribution in [1.29, 1.82) is 0 Å². The number of anilines is 1. The zero-order chi connectivity index (χ0) is 23.0. The van der Waals surface area contributed by atoms with Gasteiger partial charge in [-0.2, -0.15) is 0 Å². The normalized spacial score (nSPS) is 10.6. The Bertz CT molecular complexity index is 1190. The molecule has 1 aromatic heterocycles. The lowest BCUT2D eigenvalue weighted by molar-refractivity contribution is -0.129. The van der Waals surface area contributed by atoms with Crippen LogP contribution in [0.3, 0.4) is 0 Å². The molecule has 0 saturated carbocycles. The fourth-order valence-electron chi connectivity index (χ4n) is 3.65. The minimum atomic E-state index is -0.0853. The highest BCUT2D eigenvalue weighted by molar-refractivity contribution is 6.06. The summed E-state index contributed by atoms with van der Waals surface area (Å²) in [5, 5.41) is 0. The van der Waals surface area contributed by atoms with Gasteiger partial charge in [-0.25, -0.2) is 0 Å². The lowest BCUT2D eigenvalue weighted by Gasteiger charge is -2.24. The van der Waals surface area contributed by atoms with Crippen molar-refractivity contribution in [2.75, 3.05) is 11.9 Å². The van der Waals surface area contributed by atoms with Gasteiger partial charge in [-0.15, -0.1) is 0 Å². The summed E-state index contributed by atoms with van der Waals surface area (Å²) in [7, 11) is 1.76. The fraction of sp³-hybridized carbons (Fsp3) is 0.143. The van der Waals surface area contributed by atoms with Gasteiger partial charge in [-0.05, 0) is 47.5 Å². The van der Waals surface area contributed by atoms with Gasteiger partial charge in [0, 0.05) is 18.3 Å². The highest BCUT2D eigenvalue weighted by Crippen LogP contribution is 2.22. The van der Waals surface area contributed by atoms with Crippen LogP contribution in [0.15, 0.2) is 108 Å². The third-order valence-electron chi connectivity index (χ3n) is 5.43. The maximum Gasteiger partial charge on any atom is 0.258 e. The van der Waals surface area contributed by atoms with Gasteiger partial charge in [0.05, 0.1) is 25.8 Å². The Morgan fingerprint density at radius 2 is 1.45 bits per heavy atom. The van der Waals surface area contributed by atoms with Gasteiger partial charge in [-0.3, -0.25) is 9.59 Å². The van der Waals surface area contributed by atoms with Crippen LogP contribution in [-0.4, -0.2) is 23.8 Å². The summed E-state index contributed by atoms with van der Waals surface area (Å²) in [5.74, 6) is 0.632. The lowest BCUT2D eigenvalue weighted by Crippen LogP contribution is -2.31. The Balaban J connectivity index is 1.56. The SMILES string of the molecule is CN(Cc1ccco1)C(=O)Cc1cccc(N(Cc2ccccc2)C(=O)c2ccccc2)c1. The molecule has 4 aromatic rings. The van der Waals surface area contributed by atoms with E-state index < -0.39 is 0 Å². The average Bonchev–Trinajstić information content (AvgIpc) is 3.36. The molecule has 5 heteroatoms. The van der Waals surface area contributed by atoms with Gasteiger partial charge in [0.2, 0.25) is 5.91 Å². The molecule has 0 aliphatic rings. The first-order valence-corrected chi connectivity index (χ1v) is 10.9. The molecule has 0 radical (unpaired) electrons. The Labute approximate surface area is 193 Å². The fourth-order valence-corrected chi connectivity index (χ4v) is 3.65. The van der Waals surface area contributed by atoms with Gasteiger partial charge >= 0.3 is 0 Å². The second-order valence-electron chi connectivity index (χ2n) is 7.92. The summed E-state index contributed by atoms with van der Waals surface area (Å²) in [6, 6.07) is 30.4. The molecule has 0 saturated heterocycles. The summed E-state index contributed by atoms with van der Waals surface area (Å²) < 4.78 is 5.34. The highest BCUT2D eigenvalue weighted by atomic mass is 16.3. The smallest absolute Gasteiger partial charge is 0.258 e. The largest absolute Gasteiger partial charge is 0.467 e. The van der Waals surface area contributed by atoms with Crippen molar-refractivity contribution in [3.63, 3.8) is 0 Å². The van der Waals surface area contributed by atoms with Crippen molar-refractivity contribution in [1.82, 2.24) is 4.90 Å². The third kappa shape index (κ3) is 5.77. The van der Waals surface area contributed by atoms with E-state index >= 15 is 0 Å². The number of carbonyl (C=O) groups excluding carboxylic acids is 2. The minimum absolute atomic E-state index is 0.0208. The molecule has 0 aliphatic heterocycles. The Morgan fingerprint density at radius 3 is 2.15 bits per heavy atom. The van der Waals surface area contributed by atoms with Crippen LogP contribution >= 0.6 is 0 Å². The molecule has 3 aromatic carbocycles. The Kier molecular flexibility index (Phi) is 7.00. The van der Waals surface area contributed by atoms with E-state index in [1.165, 1.54) is 0 Å². The first-order chi connectivity index (χ1) is 16.1. The average molecular weight is 439 g/mol. The molecule has 2 amide bonds. The molecule has 0 aliphatic carbocycles. The van der Waals surface area contributed by atoms with Gasteiger partial charge < -0.3 is 14.2 Å². The van der Waals surface area contributed by atoms with Crippen LogP contribution in [0, 0.1) is 0 Å². The zero-order valence-corrected chi connectivity index (χ0v) is 18.6. The topological polar surface area (TPSA) is 53.8 Å². The minimum Gasteiger partial charge on any atom is -0.467 e. The zero-order valence-electron chi connectivity index (χ0n) is 18.6. The highest BCUT2D eigenvalue weighted by Gasteiger charge is 2.19. The number of furan rings is 1. The van der Waals surface area contributed by atoms with Crippen LogP contribution in [0.2, 0.25) is 0 Å². The van der Waals surface area contributed by atoms with Gasteiger partial charge in [0.25, 0.3) is 5.91 Å². The molecule has 5 nitrogen and oxygen atoms in total. The second-order valence-corrected chi connectivity index (χ2v) is 7.92. The van der Waals surface area contributed by atoms with Crippen molar-refractivity contribution in [3.8, 4) is 0 Å². The molecular formula is C28H26N2O3. The summed E-state index contributed by atoms with van der Waals surface area (Å²) in [6.07, 6.45) is 1.84. The summed E-state index contributed by atoms with van der Waals surface area (Å²) >= 11 is 0. The molecule has 0 spiro atoms. The summed E-state index contributed by atoms with van der Waals surface area (Å²) in [4.78, 5) is 29.6. The molecule has 33 heavy (non-hydrogen) atoms. The number of rotatable bonds is 8. The molecule has 0 atom stereocenters. The van der Waals surface area contributed by atoms with Crippen LogP contribution in [0.5, 0.6) is 0 Å². The number of hydrogen-bond acceptors (Lipinski definition) is 3. The monoisotopic (exact) mass is 438 g/mol. The quantitative estimate of drug-likeness (QED) is 0.374. The standard InChI is InChI=1S/C28H26N2O3/c1-29(21-26-16-9-17-33-26)27(31)19-23-12-8-15-25(18-23)30(20-22-10-4-2-5-11-22)28(32)24-13-6-3-7-14-24/h2-18H,19-21H2,1H3. The van der Waals surface area contributed by atoms with Crippen LogP contribution < -0.4 is 4.90 Å². The predicted molar refractivity (Wildman–Crippen MR) is 129 cm³/mol. The van der Waals surface area contributed by atoms with E-state index in [9.17, 15) is 9.59 Å². The van der Waals surface area contributed by atoms with Gasteiger partial charge in [0.15, 0.2) is 0 Å². The van der Waals surface area contributed by atoms with E-state index in [1.807, 2.05) is 97.1 Å². The van der Waals surface area contributed by atoms with Crippen LogP contribution in [0.4, 0.5) is 5.69 Å². The van der Waals surface area contributed by atoms with E-state index in [1.54, 1.807) is 23.1 Å². The predicted octanol–water partition coefficient (Wildman–Crippen LogP) is 5.33. The molecule has 0 unspecified atom stereocenters.